The third kappa shape index (κ3) is 27.5. The summed E-state index contributed by atoms with van der Waals surface area (Å²) in [6.45, 7) is 4.49. The molecule has 0 radical (unpaired) electrons. The number of carbonyl (C=O) groups is 3. The summed E-state index contributed by atoms with van der Waals surface area (Å²) in [6.07, 6.45) is 5.23. The van der Waals surface area contributed by atoms with Gasteiger partial charge in [-0.1, -0.05) is 193 Å². The molecule has 3 saturated heterocycles. The first-order valence-electron chi connectivity index (χ1n) is 32.6. The van der Waals surface area contributed by atoms with Crippen LogP contribution in [0.1, 0.15) is 214 Å². The van der Waals surface area contributed by atoms with Gasteiger partial charge in [0.1, 0.15) is 73.8 Å². The van der Waals surface area contributed by atoms with Gasteiger partial charge in [-0.3, -0.25) is 9.59 Å². The highest BCUT2D eigenvalue weighted by Gasteiger charge is 2.57. The molecule has 2 amide bonds. The van der Waals surface area contributed by atoms with E-state index >= 15 is 0 Å². The van der Waals surface area contributed by atoms with Crippen molar-refractivity contribution >= 4 is 17.8 Å². The molecule has 0 aliphatic carbocycles. The van der Waals surface area contributed by atoms with Gasteiger partial charge in [-0.05, 0) is 32.1 Å². The van der Waals surface area contributed by atoms with E-state index < -0.39 is 167 Å². The van der Waals surface area contributed by atoms with Gasteiger partial charge in [0, 0.05) is 6.42 Å². The fraction of sp³-hybridized carbons (Fsp3) is 0.919. The molecule has 1 unspecified atom stereocenters. The number of allylic oxidation sites excluding steroid dienone is 1. The van der Waals surface area contributed by atoms with E-state index in [1.807, 2.05) is 0 Å². The lowest BCUT2D eigenvalue weighted by atomic mass is 9.88. The van der Waals surface area contributed by atoms with E-state index in [1.165, 1.54) is 122 Å². The molecule has 0 aromatic rings. The van der Waals surface area contributed by atoms with E-state index in [0.29, 0.717) is 12.8 Å². The van der Waals surface area contributed by atoms with Gasteiger partial charge in [0.25, 0.3) is 5.79 Å². The fourth-order valence-corrected chi connectivity index (χ4v) is 11.1. The predicted octanol–water partition coefficient (Wildman–Crippen LogP) is 3.16. The summed E-state index contributed by atoms with van der Waals surface area (Å²) < 4.78 is 33.7. The molecule has 24 heteroatoms. The monoisotopic (exact) mass is 1240 g/mol. The third-order valence-electron chi connectivity index (χ3n) is 17.1. The van der Waals surface area contributed by atoms with E-state index in [9.17, 15) is 80.8 Å². The van der Waals surface area contributed by atoms with Crippen molar-refractivity contribution in [1.29, 1.82) is 0 Å². The number of aliphatic carboxylic acids is 1. The molecule has 3 rings (SSSR count). The number of nitrogens with one attached hydrogen (secondary N) is 2. The van der Waals surface area contributed by atoms with Crippen molar-refractivity contribution in [3.63, 3.8) is 0 Å². The van der Waals surface area contributed by atoms with Crippen LogP contribution in [0.5, 0.6) is 0 Å². The van der Waals surface area contributed by atoms with Gasteiger partial charge in [-0.15, -0.1) is 0 Å². The molecule has 0 aromatic carbocycles. The lowest BCUT2D eigenvalue weighted by molar-refractivity contribution is -0.339. The first kappa shape index (κ1) is 77.7. The maximum absolute atomic E-state index is 13.5. The Morgan fingerprint density at radius 3 is 1.70 bits per heavy atom. The summed E-state index contributed by atoms with van der Waals surface area (Å²) in [5.74, 6) is -6.01. The van der Waals surface area contributed by atoms with Crippen molar-refractivity contribution in [3.05, 3.63) is 12.2 Å². The van der Waals surface area contributed by atoms with Crippen LogP contribution in [0.4, 0.5) is 0 Å². The van der Waals surface area contributed by atoms with Crippen LogP contribution in [0.15, 0.2) is 12.2 Å². The Hall–Kier alpha value is -2.57. The van der Waals surface area contributed by atoms with Crippen molar-refractivity contribution in [2.24, 2.45) is 5.92 Å². The van der Waals surface area contributed by atoms with Crippen LogP contribution in [0.3, 0.4) is 0 Å². The Morgan fingerprint density at radius 2 is 1.16 bits per heavy atom. The Kier molecular flexibility index (Phi) is 39.1. The van der Waals surface area contributed by atoms with Crippen LogP contribution in [0.2, 0.25) is 0 Å². The molecule has 3 fully saturated rings. The molecule has 86 heavy (non-hydrogen) atoms. The predicted molar refractivity (Wildman–Crippen MR) is 317 cm³/mol. The van der Waals surface area contributed by atoms with Gasteiger partial charge in [-0.2, -0.15) is 0 Å². The Balaban J connectivity index is 1.62. The first-order chi connectivity index (χ1) is 41.1. The summed E-state index contributed by atoms with van der Waals surface area (Å²) in [5, 5.41) is 144. The number of hydrogen-bond acceptors (Lipinski definition) is 21. The molecule has 3 aliphatic rings. The Morgan fingerprint density at radius 1 is 0.651 bits per heavy atom. The zero-order valence-electron chi connectivity index (χ0n) is 51.9. The standard InChI is InChI=1S/C62H114N2O22/c1-5-7-8-9-10-11-12-13-14-15-16-17-18-19-20-25-28-31-34-44(67)58(78)63-42(43(66)33-30-27-24-22-21-23-26-29-32-40(3)6-2)37-81-60-56(77)54(75)52(73)47(85-60)38-83-62(61(79)80)35-45(68)49(57(86-62)51(72)46(69)36-65)64-48(70)39-82-59-55(76)53(74)50(71)41(4)84-59/h30,33,40-47,49-57,59-60,65-69,71-77H,5-29,31-32,34-39H2,1-4H3,(H,63,78)(H,64,70)(H,79,80)/b33-30+/t40?,41-,42-,43+,44+,45-,46+,47+,49+,50+,51+,52+,53+,54-,55-,56+,57+,59+,60+,62+/m0/s1. The highest BCUT2D eigenvalue weighted by Crippen LogP contribution is 2.35. The highest BCUT2D eigenvalue weighted by atomic mass is 16.7. The van der Waals surface area contributed by atoms with E-state index in [-0.39, 0.29) is 6.42 Å². The second kappa shape index (κ2) is 43.2. The topological polar surface area (TPSA) is 394 Å². The van der Waals surface area contributed by atoms with Crippen LogP contribution in [0, 0.1) is 5.92 Å². The van der Waals surface area contributed by atoms with E-state index in [4.69, 9.17) is 28.4 Å². The second-order valence-corrected chi connectivity index (χ2v) is 24.5. The molecule has 3 aliphatic heterocycles. The van der Waals surface area contributed by atoms with Crippen LogP contribution < -0.4 is 10.6 Å². The zero-order chi connectivity index (χ0) is 63.6. The van der Waals surface area contributed by atoms with Crippen molar-refractivity contribution in [1.82, 2.24) is 10.6 Å². The molecule has 24 nitrogen and oxygen atoms in total. The first-order valence-corrected chi connectivity index (χ1v) is 32.6. The van der Waals surface area contributed by atoms with Gasteiger partial charge in [0.15, 0.2) is 12.6 Å². The lowest BCUT2D eigenvalue weighted by Gasteiger charge is -2.47. The zero-order valence-corrected chi connectivity index (χ0v) is 51.9. The number of carbonyl (C=O) groups excluding carboxylic acids is 2. The third-order valence-corrected chi connectivity index (χ3v) is 17.1. The summed E-state index contributed by atoms with van der Waals surface area (Å²) in [7, 11) is 0. The van der Waals surface area contributed by atoms with Crippen LogP contribution in [-0.2, 0) is 42.8 Å². The largest absolute Gasteiger partial charge is 0.477 e. The fourth-order valence-electron chi connectivity index (χ4n) is 11.1. The van der Waals surface area contributed by atoms with Crippen LogP contribution in [0.25, 0.3) is 0 Å². The molecule has 504 valence electrons. The number of rotatable bonds is 47. The van der Waals surface area contributed by atoms with E-state index in [0.717, 1.165) is 57.3 Å². The number of hydrogen-bond donors (Lipinski definition) is 15. The van der Waals surface area contributed by atoms with E-state index in [1.54, 1.807) is 6.08 Å². The highest BCUT2D eigenvalue weighted by molar-refractivity contribution is 5.81. The SMILES string of the molecule is CCCCCCCCCCCCCCCCCCCC[C@@H](O)C(=O)N[C@@H](CO[C@@H]1O[C@H](CO[C@]2(C(=O)O)C[C@H](O)[C@@H](NC(=O)CO[C@@H]3O[C@@H](C)[C@@H](O)[C@@H](O)[C@@H]3O)[C@H]([C@H](O)[C@H](O)CO)O2)[C@@H](O)[C@H](O)[C@H]1O)[C@H](O)/C=C/CCCCCCCCC(C)CC. The molecule has 15 N–H and O–H groups in total. The second-order valence-electron chi connectivity index (χ2n) is 24.5. The van der Waals surface area contributed by atoms with Gasteiger partial charge >= 0.3 is 5.97 Å². The number of carboxylic acid groups (broad SMARTS) is 1. The van der Waals surface area contributed by atoms with Crippen LogP contribution >= 0.6 is 0 Å². The molecule has 0 bridgehead atoms. The molecule has 3 heterocycles. The van der Waals surface area contributed by atoms with Gasteiger partial charge in [-0.25, -0.2) is 4.79 Å². The Labute approximate surface area is 510 Å². The summed E-state index contributed by atoms with van der Waals surface area (Å²) in [5.41, 5.74) is 0. The number of amides is 2. The maximum atomic E-state index is 13.5. The van der Waals surface area contributed by atoms with Gasteiger partial charge in [0.2, 0.25) is 11.8 Å². The smallest absolute Gasteiger partial charge is 0.364 e. The molecule has 0 saturated carbocycles. The number of aliphatic hydroxyl groups excluding tert-OH is 12. The van der Waals surface area contributed by atoms with Gasteiger partial charge < -0.3 is 105 Å². The van der Waals surface area contributed by atoms with Crippen LogP contribution in [-0.4, -0.2) is 227 Å². The van der Waals surface area contributed by atoms with Crippen molar-refractivity contribution in [2.75, 3.05) is 26.4 Å². The molecule has 20 atom stereocenters. The normalized spacial score (nSPS) is 30.2. The maximum Gasteiger partial charge on any atom is 0.364 e. The van der Waals surface area contributed by atoms with Gasteiger partial charge in [0.05, 0.1) is 50.2 Å². The quantitative estimate of drug-likeness (QED) is 0.0307. The minimum Gasteiger partial charge on any atom is -0.477 e. The number of ether oxygens (including phenoxy) is 6. The van der Waals surface area contributed by atoms with Crippen molar-refractivity contribution < 1.29 is 109 Å². The molecular weight excluding hydrogens is 1120 g/mol. The lowest BCUT2D eigenvalue weighted by Crippen LogP contribution is -2.69. The van der Waals surface area contributed by atoms with Crippen molar-refractivity contribution in [2.45, 2.75) is 330 Å². The average Bonchev–Trinajstić information content (AvgIpc) is 1.07. The number of carboxylic acids is 1. The Bertz CT molecular complexity index is 1840. The van der Waals surface area contributed by atoms with E-state index in [2.05, 4.69) is 31.4 Å². The summed E-state index contributed by atoms with van der Waals surface area (Å²) in [4.78, 5) is 39.6. The molecular formula is C62H114N2O22. The summed E-state index contributed by atoms with van der Waals surface area (Å²) in [6, 6.07) is -2.99. The number of aliphatic hydroxyl groups is 12. The van der Waals surface area contributed by atoms with Crippen molar-refractivity contribution in [3.8, 4) is 0 Å². The molecule has 0 aromatic heterocycles. The minimum atomic E-state index is -2.96. The number of unbranched alkanes of at least 4 members (excludes halogenated alkanes) is 23. The minimum absolute atomic E-state index is 0.170. The molecule has 0 spiro atoms. The average molecular weight is 1240 g/mol. The summed E-state index contributed by atoms with van der Waals surface area (Å²) >= 11 is 0.